The molecule has 0 heterocycles. The molecule has 20 heavy (non-hydrogen) atoms. The van der Waals surface area contributed by atoms with Crippen LogP contribution in [-0.4, -0.2) is 40.0 Å². The predicted octanol–water partition coefficient (Wildman–Crippen LogP) is 1.59. The van der Waals surface area contributed by atoms with Crippen LogP contribution < -0.4 is 10.1 Å². The zero-order chi connectivity index (χ0) is 14.8. The minimum Gasteiger partial charge on any atom is -0.495 e. The Morgan fingerprint density at radius 2 is 2.10 bits per heavy atom. The highest BCUT2D eigenvalue weighted by Gasteiger charge is 2.33. The fraction of sp³-hybridized carbons (Fsp3) is 0.571. The van der Waals surface area contributed by atoms with E-state index in [0.29, 0.717) is 12.3 Å². The number of ether oxygens (including phenoxy) is 1. The molecule has 2 rings (SSSR count). The molecule has 1 N–H and O–H groups in total. The Labute approximate surface area is 121 Å². The maximum Gasteiger partial charge on any atom is 0.246 e. The lowest BCUT2D eigenvalue weighted by molar-refractivity contribution is 0.249. The van der Waals surface area contributed by atoms with Crippen LogP contribution in [0.5, 0.6) is 5.75 Å². The molecule has 0 saturated heterocycles. The number of sulfonamides is 1. The lowest BCUT2D eigenvalue weighted by atomic mass is 9.94. The Hall–Kier alpha value is -1.11. The first-order valence-corrected chi connectivity index (χ1v) is 8.24. The van der Waals surface area contributed by atoms with E-state index in [-0.39, 0.29) is 10.9 Å². The fourth-order valence-corrected chi connectivity index (χ4v) is 3.89. The fourth-order valence-electron chi connectivity index (χ4n) is 2.34. The summed E-state index contributed by atoms with van der Waals surface area (Å²) in [4.78, 5) is 0.245. The third-order valence-electron chi connectivity index (χ3n) is 3.85. The molecule has 0 aliphatic heterocycles. The summed E-state index contributed by atoms with van der Waals surface area (Å²) >= 11 is 0. The molecule has 1 aliphatic rings. The van der Waals surface area contributed by atoms with Crippen LogP contribution in [0, 0.1) is 0 Å². The van der Waals surface area contributed by atoms with E-state index in [2.05, 4.69) is 5.32 Å². The zero-order valence-corrected chi connectivity index (χ0v) is 13.0. The van der Waals surface area contributed by atoms with Gasteiger partial charge in [0.2, 0.25) is 10.0 Å². The van der Waals surface area contributed by atoms with Crippen molar-refractivity contribution in [1.29, 1.82) is 0 Å². The largest absolute Gasteiger partial charge is 0.495 e. The van der Waals surface area contributed by atoms with E-state index in [9.17, 15) is 8.42 Å². The smallest absolute Gasteiger partial charge is 0.246 e. The van der Waals surface area contributed by atoms with Crippen LogP contribution in [0.1, 0.15) is 24.8 Å². The summed E-state index contributed by atoms with van der Waals surface area (Å²) in [5.41, 5.74) is 0.995. The van der Waals surface area contributed by atoms with Crippen molar-refractivity contribution < 1.29 is 13.2 Å². The Kier molecular flexibility index (Phi) is 4.67. The molecule has 0 aromatic heterocycles. The van der Waals surface area contributed by atoms with Gasteiger partial charge in [-0.1, -0.05) is 12.5 Å². The molecule has 0 unspecified atom stereocenters. The highest BCUT2D eigenvalue weighted by molar-refractivity contribution is 7.89. The van der Waals surface area contributed by atoms with Gasteiger partial charge in [0.25, 0.3) is 0 Å². The average Bonchev–Trinajstić information content (AvgIpc) is 2.36. The Balaban J connectivity index is 2.35. The molecule has 1 aromatic rings. The number of methoxy groups -OCH3 is 1. The highest BCUT2D eigenvalue weighted by atomic mass is 32.2. The summed E-state index contributed by atoms with van der Waals surface area (Å²) < 4.78 is 32.0. The van der Waals surface area contributed by atoms with Gasteiger partial charge >= 0.3 is 0 Å². The van der Waals surface area contributed by atoms with E-state index in [1.165, 1.54) is 11.4 Å². The molecule has 1 aromatic carbocycles. The van der Waals surface area contributed by atoms with E-state index in [1.54, 1.807) is 19.2 Å². The molecule has 0 radical (unpaired) electrons. The minimum absolute atomic E-state index is 0.127. The van der Waals surface area contributed by atoms with Crippen molar-refractivity contribution in [3.63, 3.8) is 0 Å². The second-order valence-corrected chi connectivity index (χ2v) is 7.09. The van der Waals surface area contributed by atoms with Crippen molar-refractivity contribution in [2.75, 3.05) is 21.2 Å². The maximum absolute atomic E-state index is 12.6. The second kappa shape index (κ2) is 6.11. The van der Waals surface area contributed by atoms with Gasteiger partial charge in [0.05, 0.1) is 7.11 Å². The third kappa shape index (κ3) is 2.82. The van der Waals surface area contributed by atoms with Gasteiger partial charge in [0.1, 0.15) is 10.6 Å². The molecule has 5 nitrogen and oxygen atoms in total. The molecular formula is C14H22N2O3S. The monoisotopic (exact) mass is 298 g/mol. The van der Waals surface area contributed by atoms with Crippen LogP contribution in [0.2, 0.25) is 0 Å². The number of nitrogens with zero attached hydrogens (tertiary/aromatic N) is 1. The normalized spacial score (nSPS) is 16.2. The molecule has 0 bridgehead atoms. The highest BCUT2D eigenvalue weighted by Crippen LogP contribution is 2.32. The minimum atomic E-state index is -3.49. The average molecular weight is 298 g/mol. The summed E-state index contributed by atoms with van der Waals surface area (Å²) in [5, 5.41) is 3.04. The molecule has 0 atom stereocenters. The summed E-state index contributed by atoms with van der Waals surface area (Å²) in [6.45, 7) is 0.676. The second-order valence-electron chi connectivity index (χ2n) is 5.12. The Morgan fingerprint density at radius 1 is 1.40 bits per heavy atom. The Bertz CT molecular complexity index is 568. The molecule has 1 aliphatic carbocycles. The molecule has 0 amide bonds. The van der Waals surface area contributed by atoms with Crippen molar-refractivity contribution in [2.24, 2.45) is 0 Å². The van der Waals surface area contributed by atoms with E-state index < -0.39 is 10.0 Å². The van der Waals surface area contributed by atoms with Gasteiger partial charge in [-0.25, -0.2) is 8.42 Å². The van der Waals surface area contributed by atoms with E-state index in [1.807, 2.05) is 13.1 Å². The van der Waals surface area contributed by atoms with Crippen LogP contribution >= 0.6 is 0 Å². The van der Waals surface area contributed by atoms with Crippen LogP contribution in [0.3, 0.4) is 0 Å². The molecule has 1 fully saturated rings. The van der Waals surface area contributed by atoms with Gasteiger partial charge in [0.15, 0.2) is 0 Å². The number of hydrogen-bond acceptors (Lipinski definition) is 4. The third-order valence-corrected chi connectivity index (χ3v) is 5.80. The summed E-state index contributed by atoms with van der Waals surface area (Å²) in [6.07, 6.45) is 2.98. The number of rotatable bonds is 6. The lowest BCUT2D eigenvalue weighted by Gasteiger charge is -2.34. The number of benzene rings is 1. The summed E-state index contributed by atoms with van der Waals surface area (Å²) in [6, 6.07) is 5.36. The van der Waals surface area contributed by atoms with Crippen molar-refractivity contribution in [3.8, 4) is 5.75 Å². The first kappa shape index (κ1) is 15.3. The van der Waals surface area contributed by atoms with Gasteiger partial charge in [-0.15, -0.1) is 0 Å². The summed E-state index contributed by atoms with van der Waals surface area (Å²) in [7, 11) is 1.52. The molecule has 1 saturated carbocycles. The standard InChI is InChI=1S/C14H22N2O3S/c1-15-10-11-7-8-14(13(9-11)19-3)20(17,18)16(2)12-5-4-6-12/h7-9,12,15H,4-6,10H2,1-3H3. The van der Waals surface area contributed by atoms with E-state index in [4.69, 9.17) is 4.74 Å². The van der Waals surface area contributed by atoms with E-state index in [0.717, 1.165) is 24.8 Å². The molecule has 0 spiro atoms. The topological polar surface area (TPSA) is 58.6 Å². The number of hydrogen-bond donors (Lipinski definition) is 1. The molecular weight excluding hydrogens is 276 g/mol. The van der Waals surface area contributed by atoms with Gasteiger partial charge < -0.3 is 10.1 Å². The van der Waals surface area contributed by atoms with Crippen molar-refractivity contribution in [1.82, 2.24) is 9.62 Å². The van der Waals surface area contributed by atoms with Crippen molar-refractivity contribution in [2.45, 2.75) is 36.7 Å². The van der Waals surface area contributed by atoms with E-state index >= 15 is 0 Å². The van der Waals surface area contributed by atoms with Gasteiger partial charge in [0, 0.05) is 19.6 Å². The lowest BCUT2D eigenvalue weighted by Crippen LogP contribution is -2.41. The SMILES string of the molecule is CNCc1ccc(S(=O)(=O)N(C)C2CCC2)c(OC)c1. The van der Waals surface area contributed by atoms with Crippen LogP contribution in [-0.2, 0) is 16.6 Å². The van der Waals surface area contributed by atoms with Crippen molar-refractivity contribution >= 4 is 10.0 Å². The quantitative estimate of drug-likeness (QED) is 0.866. The first-order chi connectivity index (χ1) is 9.50. The summed E-state index contributed by atoms with van der Waals surface area (Å²) in [5.74, 6) is 0.406. The zero-order valence-electron chi connectivity index (χ0n) is 12.2. The van der Waals surface area contributed by atoms with Gasteiger partial charge in [-0.2, -0.15) is 4.31 Å². The maximum atomic E-state index is 12.6. The van der Waals surface area contributed by atoms with Gasteiger partial charge in [-0.3, -0.25) is 0 Å². The van der Waals surface area contributed by atoms with Crippen LogP contribution in [0.15, 0.2) is 23.1 Å². The molecule has 112 valence electrons. The van der Waals surface area contributed by atoms with Crippen LogP contribution in [0.25, 0.3) is 0 Å². The Morgan fingerprint density at radius 3 is 2.60 bits per heavy atom. The van der Waals surface area contributed by atoms with Crippen LogP contribution in [0.4, 0.5) is 0 Å². The molecule has 6 heteroatoms. The van der Waals surface area contributed by atoms with Crippen molar-refractivity contribution in [3.05, 3.63) is 23.8 Å². The van der Waals surface area contributed by atoms with Gasteiger partial charge in [-0.05, 0) is 37.6 Å². The first-order valence-electron chi connectivity index (χ1n) is 6.80. The predicted molar refractivity (Wildman–Crippen MR) is 78.3 cm³/mol. The number of nitrogens with one attached hydrogen (secondary N) is 1.